The van der Waals surface area contributed by atoms with Crippen molar-refractivity contribution in [3.8, 4) is 0 Å². The van der Waals surface area contributed by atoms with Gasteiger partial charge in [0.2, 0.25) is 10.0 Å². The lowest BCUT2D eigenvalue weighted by Gasteiger charge is -2.18. The van der Waals surface area contributed by atoms with E-state index < -0.39 is 10.0 Å². The highest BCUT2D eigenvalue weighted by Crippen LogP contribution is 2.22. The molecule has 1 unspecified atom stereocenters. The first-order valence-corrected chi connectivity index (χ1v) is 7.37. The smallest absolute Gasteiger partial charge is 0.238 e. The van der Waals surface area contributed by atoms with E-state index in [1.165, 1.54) is 6.07 Å². The Hall–Kier alpha value is -1.11. The second kappa shape index (κ2) is 6.17. The van der Waals surface area contributed by atoms with Crippen LogP contribution >= 0.6 is 0 Å². The zero-order valence-electron chi connectivity index (χ0n) is 10.9. The molecule has 1 aromatic rings. The Bertz CT molecular complexity index is 500. The number of nitrogens with two attached hydrogens (primary N) is 1. The van der Waals surface area contributed by atoms with E-state index in [1.807, 2.05) is 19.9 Å². The van der Waals surface area contributed by atoms with Crippen LogP contribution in [-0.4, -0.2) is 27.7 Å². The van der Waals surface area contributed by atoms with Gasteiger partial charge in [-0.15, -0.1) is 0 Å². The summed E-state index contributed by atoms with van der Waals surface area (Å²) in [6.45, 7) is 6.85. The van der Waals surface area contributed by atoms with E-state index in [1.54, 1.807) is 13.0 Å². The van der Waals surface area contributed by atoms with Crippen LogP contribution in [0.5, 0.6) is 0 Å². The number of benzene rings is 1. The Kier molecular flexibility index (Phi) is 5.13. The molecule has 1 atom stereocenters. The average Bonchev–Trinajstić information content (AvgIpc) is 2.27. The first-order valence-electron chi connectivity index (χ1n) is 5.83. The maximum atomic E-state index is 11.4. The Morgan fingerprint density at radius 1 is 1.44 bits per heavy atom. The van der Waals surface area contributed by atoms with E-state index in [4.69, 9.17) is 9.88 Å². The highest BCUT2D eigenvalue weighted by Gasteiger charge is 2.14. The molecule has 0 heterocycles. The van der Waals surface area contributed by atoms with Gasteiger partial charge in [-0.25, -0.2) is 13.6 Å². The van der Waals surface area contributed by atoms with Gasteiger partial charge in [-0.1, -0.05) is 6.07 Å². The fourth-order valence-corrected chi connectivity index (χ4v) is 2.49. The molecule has 3 N–H and O–H groups in total. The largest absolute Gasteiger partial charge is 0.380 e. The second-order valence-corrected chi connectivity index (χ2v) is 5.71. The zero-order chi connectivity index (χ0) is 13.8. The van der Waals surface area contributed by atoms with Crippen molar-refractivity contribution in [1.82, 2.24) is 0 Å². The molecule has 6 heteroatoms. The van der Waals surface area contributed by atoms with Gasteiger partial charge in [0.1, 0.15) is 0 Å². The Balaban J connectivity index is 2.91. The molecule has 102 valence electrons. The third kappa shape index (κ3) is 3.97. The number of ether oxygens (including phenoxy) is 1. The van der Waals surface area contributed by atoms with Gasteiger partial charge >= 0.3 is 0 Å². The maximum Gasteiger partial charge on any atom is 0.238 e. The molecule has 0 bridgehead atoms. The highest BCUT2D eigenvalue weighted by molar-refractivity contribution is 7.89. The molecular formula is C12H20N2O3S. The first-order chi connectivity index (χ1) is 8.36. The summed E-state index contributed by atoms with van der Waals surface area (Å²) in [7, 11) is -3.68. The Labute approximate surface area is 108 Å². The molecule has 0 radical (unpaired) electrons. The summed E-state index contributed by atoms with van der Waals surface area (Å²) in [6.07, 6.45) is 0. The van der Waals surface area contributed by atoms with E-state index >= 15 is 0 Å². The molecule has 1 rings (SSSR count). The summed E-state index contributed by atoms with van der Waals surface area (Å²) in [5.41, 5.74) is 1.39. The van der Waals surface area contributed by atoms with Gasteiger partial charge in [-0.2, -0.15) is 0 Å². The fourth-order valence-electron chi connectivity index (χ4n) is 1.68. The van der Waals surface area contributed by atoms with E-state index in [9.17, 15) is 8.42 Å². The van der Waals surface area contributed by atoms with Crippen LogP contribution < -0.4 is 10.5 Å². The molecule has 0 aliphatic heterocycles. The van der Waals surface area contributed by atoms with Crippen molar-refractivity contribution >= 4 is 15.7 Å². The van der Waals surface area contributed by atoms with Crippen molar-refractivity contribution in [3.63, 3.8) is 0 Å². The average molecular weight is 272 g/mol. The molecular weight excluding hydrogens is 252 g/mol. The molecule has 5 nitrogen and oxygen atoms in total. The Morgan fingerprint density at radius 3 is 2.67 bits per heavy atom. The van der Waals surface area contributed by atoms with Gasteiger partial charge in [0.05, 0.1) is 11.5 Å². The van der Waals surface area contributed by atoms with Gasteiger partial charge in [0, 0.05) is 18.3 Å². The van der Waals surface area contributed by atoms with E-state index in [-0.39, 0.29) is 10.9 Å². The number of hydrogen-bond donors (Lipinski definition) is 2. The summed E-state index contributed by atoms with van der Waals surface area (Å²) < 4.78 is 28.1. The van der Waals surface area contributed by atoms with Crippen molar-refractivity contribution < 1.29 is 13.2 Å². The van der Waals surface area contributed by atoms with Crippen molar-refractivity contribution in [2.24, 2.45) is 5.14 Å². The lowest BCUT2D eigenvalue weighted by Crippen LogP contribution is -2.23. The number of anilines is 1. The zero-order valence-corrected chi connectivity index (χ0v) is 11.8. The number of hydrogen-bond acceptors (Lipinski definition) is 4. The van der Waals surface area contributed by atoms with Crippen LogP contribution in [0.1, 0.15) is 19.4 Å². The maximum absolute atomic E-state index is 11.4. The van der Waals surface area contributed by atoms with Gasteiger partial charge in [0.25, 0.3) is 0 Å². The van der Waals surface area contributed by atoms with Crippen LogP contribution in [0, 0.1) is 6.92 Å². The summed E-state index contributed by atoms with van der Waals surface area (Å²) in [4.78, 5) is 0.149. The predicted octanol–water partition coefficient (Wildman–Crippen LogP) is 1.48. The molecule has 18 heavy (non-hydrogen) atoms. The predicted molar refractivity (Wildman–Crippen MR) is 72.1 cm³/mol. The molecule has 0 fully saturated rings. The number of primary sulfonamides is 1. The number of nitrogens with one attached hydrogen (secondary N) is 1. The molecule has 0 aliphatic rings. The number of rotatable bonds is 6. The van der Waals surface area contributed by atoms with E-state index in [0.29, 0.717) is 18.8 Å². The molecule has 0 amide bonds. The normalized spacial score (nSPS) is 13.3. The summed E-state index contributed by atoms with van der Waals surface area (Å²) in [5, 5.41) is 8.37. The molecule has 0 saturated heterocycles. The van der Waals surface area contributed by atoms with Crippen LogP contribution in [0.2, 0.25) is 0 Å². The Morgan fingerprint density at radius 2 is 2.11 bits per heavy atom. The van der Waals surface area contributed by atoms with Crippen LogP contribution in [0.4, 0.5) is 5.69 Å². The van der Waals surface area contributed by atoms with Crippen molar-refractivity contribution in [1.29, 1.82) is 0 Å². The van der Waals surface area contributed by atoms with Crippen LogP contribution in [0.25, 0.3) is 0 Å². The fraction of sp³-hybridized carbons (Fsp3) is 0.500. The van der Waals surface area contributed by atoms with Crippen molar-refractivity contribution in [3.05, 3.63) is 23.8 Å². The van der Waals surface area contributed by atoms with Crippen LogP contribution in [0.3, 0.4) is 0 Å². The summed E-state index contributed by atoms with van der Waals surface area (Å²) >= 11 is 0. The van der Waals surface area contributed by atoms with Crippen LogP contribution in [0.15, 0.2) is 23.1 Å². The quantitative estimate of drug-likeness (QED) is 0.822. The lowest BCUT2D eigenvalue weighted by atomic mass is 10.2. The van der Waals surface area contributed by atoms with Crippen LogP contribution in [-0.2, 0) is 14.8 Å². The SMILES string of the molecule is CCOCC(C)Nc1cccc(S(N)(=O)=O)c1C. The molecule has 0 aliphatic carbocycles. The minimum Gasteiger partial charge on any atom is -0.380 e. The minimum absolute atomic E-state index is 0.0966. The van der Waals surface area contributed by atoms with Gasteiger partial charge in [-0.05, 0) is 38.5 Å². The second-order valence-electron chi connectivity index (χ2n) is 4.18. The van der Waals surface area contributed by atoms with Gasteiger partial charge in [0.15, 0.2) is 0 Å². The van der Waals surface area contributed by atoms with E-state index in [0.717, 1.165) is 5.69 Å². The van der Waals surface area contributed by atoms with Gasteiger partial charge < -0.3 is 10.1 Å². The van der Waals surface area contributed by atoms with Crippen molar-refractivity contribution in [2.45, 2.75) is 31.7 Å². The third-order valence-electron chi connectivity index (χ3n) is 2.56. The monoisotopic (exact) mass is 272 g/mol. The molecule has 0 saturated carbocycles. The summed E-state index contributed by atoms with van der Waals surface area (Å²) in [5.74, 6) is 0. The van der Waals surface area contributed by atoms with E-state index in [2.05, 4.69) is 5.32 Å². The molecule has 0 aromatic heterocycles. The third-order valence-corrected chi connectivity index (χ3v) is 3.62. The summed E-state index contributed by atoms with van der Waals surface area (Å²) in [6, 6.07) is 5.09. The first kappa shape index (κ1) is 14.9. The lowest BCUT2D eigenvalue weighted by molar-refractivity contribution is 0.141. The topological polar surface area (TPSA) is 81.4 Å². The van der Waals surface area contributed by atoms with Crippen molar-refractivity contribution in [2.75, 3.05) is 18.5 Å². The molecule has 1 aromatic carbocycles. The standard InChI is InChI=1S/C12H20N2O3S/c1-4-17-8-9(2)14-11-6-5-7-12(10(11)3)18(13,15)16/h5-7,9,14H,4,8H2,1-3H3,(H2,13,15,16). The minimum atomic E-state index is -3.68. The molecule has 0 spiro atoms. The van der Waals surface area contributed by atoms with Gasteiger partial charge in [-0.3, -0.25) is 0 Å². The highest BCUT2D eigenvalue weighted by atomic mass is 32.2. The number of sulfonamides is 1.